The average Bonchev–Trinajstić information content (AvgIpc) is 3.37. The van der Waals surface area contributed by atoms with E-state index < -0.39 is 39.8 Å². The number of rotatable bonds is 10. The third kappa shape index (κ3) is 8.50. The Labute approximate surface area is 270 Å². The van der Waals surface area contributed by atoms with Crippen LogP contribution in [0.25, 0.3) is 10.9 Å². The molecule has 0 aliphatic carbocycles. The Morgan fingerprint density at radius 3 is 2.40 bits per heavy atom. The second-order valence-electron chi connectivity index (χ2n) is 11.1. The van der Waals surface area contributed by atoms with Crippen LogP contribution in [0.2, 0.25) is 0 Å². The van der Waals surface area contributed by atoms with E-state index in [2.05, 4.69) is 10.6 Å². The Kier molecular flexibility index (Phi) is 11.3. The zero-order chi connectivity index (χ0) is 34.4. The second-order valence-corrected chi connectivity index (χ2v) is 13.3. The lowest BCUT2D eigenvalue weighted by atomic mass is 9.99. The number of aliphatic hydroxyl groups excluding tert-OH is 1. The number of nitrogens with one attached hydrogen (secondary N) is 2. The summed E-state index contributed by atoms with van der Waals surface area (Å²) in [6, 6.07) is 16.8. The summed E-state index contributed by atoms with van der Waals surface area (Å²) in [5, 5.41) is 24.8. The van der Waals surface area contributed by atoms with Crippen molar-refractivity contribution in [3.63, 3.8) is 0 Å². The van der Waals surface area contributed by atoms with Crippen molar-refractivity contribution in [1.82, 2.24) is 15.2 Å². The number of benzene rings is 3. The standard InChI is InChI=1S/C32H35F3N4O4S.CH2O2/c1-3-39-20-23-12-13-44(42,43)38(2)27-16-24(17-28(39)30(23)27)31(41)37-26(15-21-8-5-4-6-9-21)29(40)19-36-18-22-10-7-11-25(14-22)32(33,34)35;2-1-3/h4-11,14,16-17,20,26,29,36,40H,3,12-13,15,18-19H2,1-2H3,(H,37,41);1H,(H,2,3)/t26-,29+;/m0./s1. The zero-order valence-electron chi connectivity index (χ0n) is 25.9. The summed E-state index contributed by atoms with van der Waals surface area (Å²) in [4.78, 5) is 22.1. The molecule has 4 N–H and O–H groups in total. The number of nitrogens with zero attached hydrogens (tertiary/aromatic N) is 2. The summed E-state index contributed by atoms with van der Waals surface area (Å²) >= 11 is 0. The van der Waals surface area contributed by atoms with E-state index in [1.165, 1.54) is 17.4 Å². The number of hydrogen-bond acceptors (Lipinski definition) is 6. The Morgan fingerprint density at radius 1 is 1.06 bits per heavy atom. The van der Waals surface area contributed by atoms with Gasteiger partial charge in [-0.2, -0.15) is 13.2 Å². The van der Waals surface area contributed by atoms with Gasteiger partial charge in [0.05, 0.1) is 34.7 Å². The number of hydrogen-bond donors (Lipinski definition) is 4. The van der Waals surface area contributed by atoms with E-state index in [4.69, 9.17) is 9.90 Å². The largest absolute Gasteiger partial charge is 0.483 e. The number of halogens is 3. The fourth-order valence-electron chi connectivity index (χ4n) is 5.61. The first-order valence-corrected chi connectivity index (χ1v) is 16.5. The summed E-state index contributed by atoms with van der Waals surface area (Å²) < 4.78 is 68.4. The van der Waals surface area contributed by atoms with E-state index in [1.54, 1.807) is 18.2 Å². The van der Waals surface area contributed by atoms with Gasteiger partial charge in [0.25, 0.3) is 12.4 Å². The maximum absolute atomic E-state index is 13.7. The van der Waals surface area contributed by atoms with Gasteiger partial charge < -0.3 is 25.4 Å². The maximum Gasteiger partial charge on any atom is 0.416 e. The third-order valence-corrected chi connectivity index (χ3v) is 9.80. The van der Waals surface area contributed by atoms with Crippen LogP contribution in [0.4, 0.5) is 18.9 Å². The first-order valence-electron chi connectivity index (χ1n) is 14.9. The number of aliphatic hydroxyl groups is 1. The SMILES string of the molecule is CCn1cc2c3c(cc(C(=O)N[C@@H](Cc4ccccc4)[C@H](O)CNCc4cccc(C(F)(F)F)c4)cc31)N(C)S(=O)(=O)CC2.O=CO. The molecule has 2 atom stereocenters. The molecule has 252 valence electrons. The number of carbonyl (C=O) groups is 2. The van der Waals surface area contributed by atoms with Gasteiger partial charge in [-0.15, -0.1) is 0 Å². The fourth-order valence-corrected chi connectivity index (χ4v) is 6.81. The number of anilines is 1. The molecule has 14 heteroatoms. The van der Waals surface area contributed by atoms with Gasteiger partial charge in [-0.3, -0.25) is 13.9 Å². The Bertz CT molecular complexity index is 1810. The van der Waals surface area contributed by atoms with E-state index in [9.17, 15) is 31.5 Å². The first-order chi connectivity index (χ1) is 22.3. The number of alkyl halides is 3. The van der Waals surface area contributed by atoms with Crippen LogP contribution in [-0.4, -0.2) is 67.1 Å². The highest BCUT2D eigenvalue weighted by molar-refractivity contribution is 7.92. The van der Waals surface area contributed by atoms with Crippen LogP contribution in [0.15, 0.2) is 72.9 Å². The van der Waals surface area contributed by atoms with Gasteiger partial charge >= 0.3 is 6.18 Å². The second kappa shape index (κ2) is 15.0. The monoisotopic (exact) mass is 674 g/mol. The van der Waals surface area contributed by atoms with Crippen LogP contribution in [0, 0.1) is 0 Å². The molecule has 1 aliphatic rings. The summed E-state index contributed by atoms with van der Waals surface area (Å²) in [6.07, 6.45) is -2.96. The molecule has 0 fully saturated rings. The van der Waals surface area contributed by atoms with Crippen LogP contribution in [0.3, 0.4) is 0 Å². The van der Waals surface area contributed by atoms with Crippen molar-refractivity contribution in [3.8, 4) is 0 Å². The molecule has 0 saturated heterocycles. The van der Waals surface area contributed by atoms with E-state index in [-0.39, 0.29) is 37.3 Å². The molecule has 0 unspecified atom stereocenters. The van der Waals surface area contributed by atoms with Crippen molar-refractivity contribution in [2.45, 2.75) is 51.2 Å². The first kappa shape index (κ1) is 35.5. The molecule has 5 rings (SSSR count). The minimum absolute atomic E-state index is 0.00133. The molecule has 1 aromatic heterocycles. The van der Waals surface area contributed by atoms with Gasteiger partial charge in [0, 0.05) is 43.8 Å². The number of amides is 1. The number of aryl methyl sites for hydroxylation is 2. The Hall–Kier alpha value is -4.40. The number of carboxylic acid groups (broad SMARTS) is 1. The van der Waals surface area contributed by atoms with E-state index >= 15 is 0 Å². The van der Waals surface area contributed by atoms with E-state index in [0.717, 1.165) is 34.2 Å². The normalized spacial score (nSPS) is 15.2. The fraction of sp³-hybridized carbons (Fsp3) is 0.333. The molecule has 1 amide bonds. The van der Waals surface area contributed by atoms with Crippen LogP contribution in [-0.2, 0) is 46.9 Å². The van der Waals surface area contributed by atoms with E-state index in [1.807, 2.05) is 48.0 Å². The molecular weight excluding hydrogens is 637 g/mol. The quantitative estimate of drug-likeness (QED) is 0.185. The van der Waals surface area contributed by atoms with Crippen molar-refractivity contribution in [1.29, 1.82) is 0 Å². The molecule has 3 aromatic carbocycles. The molecular formula is C33H37F3N4O6S. The van der Waals surface area contributed by atoms with Crippen LogP contribution in [0.5, 0.6) is 0 Å². The van der Waals surface area contributed by atoms with Crippen molar-refractivity contribution in [2.75, 3.05) is 23.7 Å². The smallest absolute Gasteiger partial charge is 0.416 e. The lowest BCUT2D eigenvalue weighted by Crippen LogP contribution is -2.48. The highest BCUT2D eigenvalue weighted by Gasteiger charge is 2.31. The predicted molar refractivity (Wildman–Crippen MR) is 173 cm³/mol. The van der Waals surface area contributed by atoms with Crippen molar-refractivity contribution in [2.24, 2.45) is 0 Å². The van der Waals surface area contributed by atoms with Crippen molar-refractivity contribution >= 4 is 39.0 Å². The van der Waals surface area contributed by atoms with Crippen LogP contribution < -0.4 is 14.9 Å². The summed E-state index contributed by atoms with van der Waals surface area (Å²) in [5.41, 5.74) is 2.85. The van der Waals surface area contributed by atoms with Gasteiger partial charge in [-0.1, -0.05) is 48.5 Å². The minimum Gasteiger partial charge on any atom is -0.483 e. The van der Waals surface area contributed by atoms with E-state index in [0.29, 0.717) is 24.2 Å². The summed E-state index contributed by atoms with van der Waals surface area (Å²) in [6.45, 7) is 2.44. The molecule has 0 spiro atoms. The van der Waals surface area contributed by atoms with Gasteiger partial charge in [0.15, 0.2) is 0 Å². The third-order valence-electron chi connectivity index (χ3n) is 8.04. The number of aromatic nitrogens is 1. The molecule has 0 bridgehead atoms. The van der Waals surface area contributed by atoms with Gasteiger partial charge in [0.2, 0.25) is 10.0 Å². The molecule has 2 heterocycles. The van der Waals surface area contributed by atoms with Crippen molar-refractivity contribution in [3.05, 3.63) is 101 Å². The summed E-state index contributed by atoms with van der Waals surface area (Å²) in [7, 11) is -2.10. The lowest BCUT2D eigenvalue weighted by molar-refractivity contribution is -0.137. The summed E-state index contributed by atoms with van der Waals surface area (Å²) in [5.74, 6) is -0.525. The van der Waals surface area contributed by atoms with Crippen LogP contribution >= 0.6 is 0 Å². The molecule has 47 heavy (non-hydrogen) atoms. The molecule has 0 radical (unpaired) electrons. The topological polar surface area (TPSA) is 141 Å². The number of carbonyl (C=O) groups excluding carboxylic acids is 1. The van der Waals surface area contributed by atoms with Gasteiger partial charge in [0.1, 0.15) is 0 Å². The molecule has 1 aliphatic heterocycles. The highest BCUT2D eigenvalue weighted by atomic mass is 32.2. The maximum atomic E-state index is 13.7. The molecule has 10 nitrogen and oxygen atoms in total. The molecule has 0 saturated carbocycles. The van der Waals surface area contributed by atoms with Gasteiger partial charge in [-0.25, -0.2) is 8.42 Å². The Morgan fingerprint density at radius 2 is 1.74 bits per heavy atom. The molecule has 4 aromatic rings. The average molecular weight is 675 g/mol. The zero-order valence-corrected chi connectivity index (χ0v) is 26.7. The highest BCUT2D eigenvalue weighted by Crippen LogP contribution is 2.37. The minimum atomic E-state index is -4.46. The van der Waals surface area contributed by atoms with Crippen molar-refractivity contribution < 1.29 is 41.4 Å². The number of sulfonamides is 1. The van der Waals surface area contributed by atoms with Gasteiger partial charge in [-0.05, 0) is 54.7 Å². The lowest BCUT2D eigenvalue weighted by Gasteiger charge is -2.25. The van der Waals surface area contributed by atoms with Crippen LogP contribution in [0.1, 0.15) is 39.5 Å². The Balaban J connectivity index is 0.00000160. The predicted octanol–water partition coefficient (Wildman–Crippen LogP) is 4.19.